The Balaban J connectivity index is 5.21. The van der Waals surface area contributed by atoms with Crippen LogP contribution in [0.1, 0.15) is 34.6 Å². The Labute approximate surface area is 132 Å². The smallest absolute Gasteiger partial charge is 0.245 e. The highest BCUT2D eigenvalue weighted by Gasteiger charge is 2.36. The van der Waals surface area contributed by atoms with Crippen LogP contribution in [0.15, 0.2) is 0 Å². The van der Waals surface area contributed by atoms with E-state index in [1.807, 2.05) is 34.6 Å². The molecule has 0 aromatic carbocycles. The molecule has 7 heteroatoms. The van der Waals surface area contributed by atoms with E-state index in [9.17, 15) is 19.6 Å². The lowest BCUT2D eigenvalue weighted by Gasteiger charge is -2.34. The van der Waals surface area contributed by atoms with Crippen molar-refractivity contribution < 1.29 is 19.6 Å². The number of hydroxylamine groups is 2. The van der Waals surface area contributed by atoms with Gasteiger partial charge in [0.2, 0.25) is 18.2 Å². The van der Waals surface area contributed by atoms with E-state index in [-0.39, 0.29) is 30.7 Å². The molecule has 0 saturated heterocycles. The first-order chi connectivity index (χ1) is 9.91. The average Bonchev–Trinajstić information content (AvgIpc) is 2.38. The molecule has 22 heavy (non-hydrogen) atoms. The third kappa shape index (κ3) is 6.01. The van der Waals surface area contributed by atoms with E-state index in [0.29, 0.717) is 5.06 Å². The molecule has 7 nitrogen and oxygen atoms in total. The van der Waals surface area contributed by atoms with E-state index in [1.54, 1.807) is 14.1 Å². The maximum absolute atomic E-state index is 12.5. The van der Waals surface area contributed by atoms with Gasteiger partial charge >= 0.3 is 0 Å². The fraction of sp³-hybridized carbons (Fsp3) is 0.800. The zero-order valence-electron chi connectivity index (χ0n) is 14.6. The molecular formula is C15H29N3O4. The molecule has 0 aliphatic heterocycles. The predicted molar refractivity (Wildman–Crippen MR) is 83.0 cm³/mol. The highest BCUT2D eigenvalue weighted by Crippen LogP contribution is 2.22. The van der Waals surface area contributed by atoms with Crippen molar-refractivity contribution in [2.24, 2.45) is 17.3 Å². The molecule has 0 radical (unpaired) electrons. The molecule has 0 aliphatic carbocycles. The summed E-state index contributed by atoms with van der Waals surface area (Å²) in [7, 11) is 3.27. The lowest BCUT2D eigenvalue weighted by atomic mass is 9.84. The number of carbonyl (C=O) groups is 3. The van der Waals surface area contributed by atoms with Gasteiger partial charge in [-0.3, -0.25) is 19.6 Å². The third-order valence-corrected chi connectivity index (χ3v) is 3.49. The summed E-state index contributed by atoms with van der Waals surface area (Å²) in [4.78, 5) is 36.8. The van der Waals surface area contributed by atoms with E-state index in [4.69, 9.17) is 0 Å². The summed E-state index contributed by atoms with van der Waals surface area (Å²) >= 11 is 0. The van der Waals surface area contributed by atoms with Crippen LogP contribution < -0.4 is 5.32 Å². The van der Waals surface area contributed by atoms with Crippen molar-refractivity contribution in [3.05, 3.63) is 0 Å². The average molecular weight is 315 g/mol. The fourth-order valence-corrected chi connectivity index (χ4v) is 2.00. The maximum Gasteiger partial charge on any atom is 0.245 e. The number of nitrogens with zero attached hydrogens (tertiary/aromatic N) is 2. The minimum Gasteiger partial charge on any atom is -0.347 e. The van der Waals surface area contributed by atoms with Gasteiger partial charge in [0.05, 0.1) is 12.5 Å². The van der Waals surface area contributed by atoms with Crippen LogP contribution in [0.2, 0.25) is 0 Å². The molecule has 128 valence electrons. The molecule has 3 amide bonds. The summed E-state index contributed by atoms with van der Waals surface area (Å²) in [6.45, 7) is 9.14. The molecule has 1 unspecified atom stereocenters. The Morgan fingerprint density at radius 3 is 2.05 bits per heavy atom. The lowest BCUT2D eigenvalue weighted by Crippen LogP contribution is -2.55. The number of likely N-dealkylation sites (N-methyl/N-ethyl adjacent to an activating group) is 1. The van der Waals surface area contributed by atoms with E-state index >= 15 is 0 Å². The van der Waals surface area contributed by atoms with Crippen LogP contribution >= 0.6 is 0 Å². The summed E-state index contributed by atoms with van der Waals surface area (Å²) in [5.41, 5.74) is -0.456. The Morgan fingerprint density at radius 2 is 1.73 bits per heavy atom. The molecule has 2 atom stereocenters. The maximum atomic E-state index is 12.5. The van der Waals surface area contributed by atoms with Gasteiger partial charge in [0.15, 0.2) is 0 Å². The molecule has 0 aromatic heterocycles. The highest BCUT2D eigenvalue weighted by atomic mass is 16.5. The number of amides is 3. The van der Waals surface area contributed by atoms with Gasteiger partial charge in [-0.15, -0.1) is 0 Å². The first-order valence-electron chi connectivity index (χ1n) is 7.34. The summed E-state index contributed by atoms with van der Waals surface area (Å²) in [6, 6.07) is -0.681. The van der Waals surface area contributed by atoms with Crippen LogP contribution in [0.3, 0.4) is 0 Å². The Kier molecular flexibility index (Phi) is 7.52. The van der Waals surface area contributed by atoms with Gasteiger partial charge in [0, 0.05) is 14.1 Å². The molecule has 0 aliphatic rings. The van der Waals surface area contributed by atoms with Crippen molar-refractivity contribution in [1.29, 1.82) is 0 Å². The van der Waals surface area contributed by atoms with Crippen molar-refractivity contribution in [2.75, 3.05) is 20.6 Å². The van der Waals surface area contributed by atoms with Crippen molar-refractivity contribution in [1.82, 2.24) is 15.3 Å². The van der Waals surface area contributed by atoms with Crippen LogP contribution in [0.4, 0.5) is 0 Å². The van der Waals surface area contributed by atoms with Crippen molar-refractivity contribution in [3.63, 3.8) is 0 Å². The van der Waals surface area contributed by atoms with E-state index in [0.717, 1.165) is 0 Å². The topological polar surface area (TPSA) is 90.0 Å². The second-order valence-electron chi connectivity index (χ2n) is 7.12. The molecule has 0 heterocycles. The fourth-order valence-electron chi connectivity index (χ4n) is 2.00. The minimum absolute atomic E-state index is 0.0929. The van der Waals surface area contributed by atoms with Crippen LogP contribution in [0.5, 0.6) is 0 Å². The van der Waals surface area contributed by atoms with E-state index < -0.39 is 17.4 Å². The first-order valence-corrected chi connectivity index (χ1v) is 7.34. The summed E-state index contributed by atoms with van der Waals surface area (Å²) < 4.78 is 0. The summed E-state index contributed by atoms with van der Waals surface area (Å²) in [5.74, 6) is -1.25. The van der Waals surface area contributed by atoms with Gasteiger partial charge in [-0.1, -0.05) is 34.6 Å². The Hall–Kier alpha value is -1.63. The van der Waals surface area contributed by atoms with Gasteiger partial charge in [-0.05, 0) is 11.3 Å². The molecule has 0 rings (SSSR count). The standard InChI is InChI=1S/C15H29N3O4/c1-10(2)11(8-18(22)9-19)13(20)16-12(15(3,4)5)14(21)17(6)7/h9-12,22H,8H2,1-7H3,(H,16,20)/t11?,12-/m1/s1. The van der Waals surface area contributed by atoms with Gasteiger partial charge in [0.25, 0.3) is 0 Å². The van der Waals surface area contributed by atoms with Gasteiger partial charge in [0.1, 0.15) is 6.04 Å². The van der Waals surface area contributed by atoms with Crippen LogP contribution in [-0.4, -0.2) is 60.1 Å². The number of hydrogen-bond acceptors (Lipinski definition) is 4. The number of rotatable bonds is 7. The summed E-state index contributed by atoms with van der Waals surface area (Å²) in [6.07, 6.45) is 0.259. The molecular weight excluding hydrogens is 286 g/mol. The van der Waals surface area contributed by atoms with Crippen LogP contribution in [0.25, 0.3) is 0 Å². The quantitative estimate of drug-likeness (QED) is 0.412. The van der Waals surface area contributed by atoms with Crippen LogP contribution in [0, 0.1) is 17.3 Å². The second kappa shape index (κ2) is 8.12. The highest BCUT2D eigenvalue weighted by molar-refractivity contribution is 5.89. The summed E-state index contributed by atoms with van der Waals surface area (Å²) in [5, 5.41) is 12.5. The number of hydrogen-bond donors (Lipinski definition) is 2. The molecule has 0 spiro atoms. The molecule has 0 bridgehead atoms. The van der Waals surface area contributed by atoms with Crippen molar-refractivity contribution >= 4 is 18.2 Å². The normalized spacial score (nSPS) is 14.2. The zero-order valence-corrected chi connectivity index (χ0v) is 14.6. The van der Waals surface area contributed by atoms with Crippen molar-refractivity contribution in [2.45, 2.75) is 40.7 Å². The number of nitrogens with one attached hydrogen (secondary N) is 1. The van der Waals surface area contributed by atoms with Crippen LogP contribution in [-0.2, 0) is 14.4 Å². The SMILES string of the molecule is CC(C)C(CN(O)C=O)C(=O)N[C@H](C(=O)N(C)C)C(C)(C)C. The predicted octanol–water partition coefficient (Wildman–Crippen LogP) is 0.725. The zero-order chi connectivity index (χ0) is 17.7. The number of carbonyl (C=O) groups excluding carboxylic acids is 3. The Morgan fingerprint density at radius 1 is 1.23 bits per heavy atom. The van der Waals surface area contributed by atoms with Crippen molar-refractivity contribution in [3.8, 4) is 0 Å². The van der Waals surface area contributed by atoms with Gasteiger partial charge in [-0.2, -0.15) is 0 Å². The largest absolute Gasteiger partial charge is 0.347 e. The van der Waals surface area contributed by atoms with E-state index in [2.05, 4.69) is 5.32 Å². The second-order valence-corrected chi connectivity index (χ2v) is 7.12. The van der Waals surface area contributed by atoms with Gasteiger partial charge in [-0.25, -0.2) is 5.06 Å². The van der Waals surface area contributed by atoms with E-state index in [1.165, 1.54) is 4.90 Å². The molecule has 0 fully saturated rings. The first kappa shape index (κ1) is 20.4. The Bertz CT molecular complexity index is 402. The molecule has 2 N–H and O–H groups in total. The minimum atomic E-state index is -0.681. The monoisotopic (exact) mass is 315 g/mol. The third-order valence-electron chi connectivity index (χ3n) is 3.49. The molecule has 0 aromatic rings. The lowest BCUT2D eigenvalue weighted by molar-refractivity contribution is -0.156. The molecule has 0 saturated carbocycles. The van der Waals surface area contributed by atoms with Gasteiger partial charge < -0.3 is 10.2 Å².